The van der Waals surface area contributed by atoms with Crippen molar-refractivity contribution in [1.29, 1.82) is 0 Å². The van der Waals surface area contributed by atoms with E-state index in [1.54, 1.807) is 6.07 Å². The number of hydrogen-bond donors (Lipinski definition) is 3. The van der Waals surface area contributed by atoms with Crippen molar-refractivity contribution in [3.05, 3.63) is 63.4 Å². The number of aryl methyl sites for hydroxylation is 1. The van der Waals surface area contributed by atoms with Gasteiger partial charge in [0.25, 0.3) is 11.5 Å². The van der Waals surface area contributed by atoms with E-state index in [4.69, 9.17) is 22.1 Å². The number of primary amides is 1. The maximum Gasteiger partial charge on any atom is 0.263 e. The molecule has 4 heterocycles. The Morgan fingerprint density at radius 3 is 2.71 bits per heavy atom. The summed E-state index contributed by atoms with van der Waals surface area (Å²) < 4.78 is 37.4. The second-order valence-electron chi connectivity index (χ2n) is 9.53. The van der Waals surface area contributed by atoms with Gasteiger partial charge in [0.2, 0.25) is 11.7 Å². The van der Waals surface area contributed by atoms with Crippen LogP contribution >= 0.6 is 11.6 Å². The van der Waals surface area contributed by atoms with Crippen LogP contribution in [0, 0.1) is 11.6 Å². The highest BCUT2D eigenvalue weighted by Gasteiger charge is 2.26. The minimum Gasteiger partial charge on any atom is -0.504 e. The number of morpholine rings is 1. The van der Waals surface area contributed by atoms with Crippen LogP contribution in [0.15, 0.2) is 35.6 Å². The van der Waals surface area contributed by atoms with E-state index in [1.165, 1.54) is 30.3 Å². The number of nitrogens with zero attached hydrogens (tertiary/aromatic N) is 5. The number of benzene rings is 1. The number of pyridine rings is 1. The van der Waals surface area contributed by atoms with Crippen LogP contribution in [0.25, 0.3) is 22.2 Å². The molecule has 214 valence electrons. The Labute approximate surface area is 235 Å². The number of fused-ring (bicyclic) bond motifs is 1. The maximum atomic E-state index is 15.0. The summed E-state index contributed by atoms with van der Waals surface area (Å²) in [5, 5.41) is 12.6. The van der Waals surface area contributed by atoms with Crippen LogP contribution in [-0.4, -0.2) is 61.8 Å². The Kier molecular flexibility index (Phi) is 7.36. The molecule has 2 amide bonds. The lowest BCUT2D eigenvalue weighted by Gasteiger charge is -2.34. The fourth-order valence-electron chi connectivity index (χ4n) is 4.68. The highest BCUT2D eigenvalue weighted by atomic mass is 35.5. The minimum atomic E-state index is -1.71. The summed E-state index contributed by atoms with van der Waals surface area (Å²) in [7, 11) is 1.41. The van der Waals surface area contributed by atoms with E-state index in [9.17, 15) is 23.9 Å². The van der Waals surface area contributed by atoms with Gasteiger partial charge in [0.15, 0.2) is 11.6 Å². The van der Waals surface area contributed by atoms with Gasteiger partial charge in [-0.15, -0.1) is 0 Å². The summed E-state index contributed by atoms with van der Waals surface area (Å²) in [4.78, 5) is 48.6. The third-order valence-corrected chi connectivity index (χ3v) is 7.07. The summed E-state index contributed by atoms with van der Waals surface area (Å²) in [5.41, 5.74) is 3.51. The number of phenols is 1. The van der Waals surface area contributed by atoms with Crippen LogP contribution in [0.3, 0.4) is 0 Å². The number of ether oxygens (including phenoxy) is 1. The number of rotatable bonds is 6. The molecule has 3 aromatic heterocycles. The maximum absolute atomic E-state index is 15.0. The first-order chi connectivity index (χ1) is 19.5. The van der Waals surface area contributed by atoms with E-state index >= 15 is 4.39 Å². The average molecular weight is 588 g/mol. The van der Waals surface area contributed by atoms with E-state index in [1.807, 2.05) is 11.8 Å². The highest BCUT2D eigenvalue weighted by molar-refractivity contribution is 6.33. The zero-order valence-electron chi connectivity index (χ0n) is 21.8. The number of nitrogens with one attached hydrogen (secondary N) is 1. The summed E-state index contributed by atoms with van der Waals surface area (Å²) >= 11 is 6.30. The first-order valence-electron chi connectivity index (χ1n) is 12.3. The lowest BCUT2D eigenvalue weighted by atomic mass is 10.0. The molecule has 1 saturated heterocycles. The van der Waals surface area contributed by atoms with Crippen molar-refractivity contribution in [2.45, 2.75) is 19.5 Å². The molecule has 12 nitrogen and oxygen atoms in total. The molecular weight excluding hydrogens is 564 g/mol. The van der Waals surface area contributed by atoms with Gasteiger partial charge >= 0.3 is 0 Å². The first kappa shape index (κ1) is 28.0. The number of anilines is 2. The van der Waals surface area contributed by atoms with Crippen LogP contribution in [-0.2, 0) is 23.1 Å². The zero-order chi connectivity index (χ0) is 29.6. The quantitative estimate of drug-likeness (QED) is 0.310. The molecule has 0 spiro atoms. The molecule has 0 bridgehead atoms. The predicted molar refractivity (Wildman–Crippen MR) is 146 cm³/mol. The van der Waals surface area contributed by atoms with Crippen molar-refractivity contribution in [2.24, 2.45) is 12.8 Å². The monoisotopic (exact) mass is 587 g/mol. The summed E-state index contributed by atoms with van der Waals surface area (Å²) in [5.74, 6) is -5.68. The van der Waals surface area contributed by atoms with Gasteiger partial charge < -0.3 is 34.9 Å². The SMILES string of the molecule is C[C@H]1COCCN1c1cc(NC(=O)Cn2cc(-c3cc(C(N)=O)c(O)c(F)c3F)c3c(=O)n(C)cnc32)c(Cl)cn1. The van der Waals surface area contributed by atoms with Crippen LogP contribution in [0.5, 0.6) is 5.75 Å². The first-order valence-corrected chi connectivity index (χ1v) is 12.7. The van der Waals surface area contributed by atoms with E-state index in [-0.39, 0.29) is 27.7 Å². The molecule has 1 aliphatic rings. The number of amides is 2. The van der Waals surface area contributed by atoms with Crippen LogP contribution < -0.4 is 21.5 Å². The van der Waals surface area contributed by atoms with Crippen LogP contribution in [0.4, 0.5) is 20.3 Å². The molecule has 1 atom stereocenters. The molecule has 0 saturated carbocycles. The number of aromatic hydroxyl groups is 1. The third kappa shape index (κ3) is 5.07. The molecule has 15 heteroatoms. The Hall–Kier alpha value is -4.56. The van der Waals surface area contributed by atoms with Crippen molar-refractivity contribution in [1.82, 2.24) is 19.1 Å². The van der Waals surface area contributed by atoms with Gasteiger partial charge in [-0.1, -0.05) is 11.6 Å². The number of aromatic nitrogens is 4. The largest absolute Gasteiger partial charge is 0.504 e. The number of nitrogens with two attached hydrogens (primary N) is 1. The van der Waals surface area contributed by atoms with Gasteiger partial charge in [0.05, 0.1) is 53.4 Å². The number of halogens is 3. The van der Waals surface area contributed by atoms with E-state index in [0.717, 1.165) is 10.6 Å². The highest BCUT2D eigenvalue weighted by Crippen LogP contribution is 2.36. The molecule has 0 aliphatic carbocycles. The van der Waals surface area contributed by atoms with Crippen LogP contribution in [0.2, 0.25) is 5.02 Å². The molecule has 5 rings (SSSR count). The predicted octanol–water partition coefficient (Wildman–Crippen LogP) is 2.40. The van der Waals surface area contributed by atoms with Gasteiger partial charge in [-0.05, 0) is 13.0 Å². The number of carbonyl (C=O) groups excluding carboxylic acids is 2. The zero-order valence-corrected chi connectivity index (χ0v) is 22.6. The van der Waals surface area contributed by atoms with Gasteiger partial charge in [0.1, 0.15) is 18.0 Å². The summed E-state index contributed by atoms with van der Waals surface area (Å²) in [6, 6.07) is 2.53. The fourth-order valence-corrected chi connectivity index (χ4v) is 4.83. The molecule has 1 aliphatic heterocycles. The van der Waals surface area contributed by atoms with Crippen molar-refractivity contribution in [3.63, 3.8) is 0 Å². The van der Waals surface area contributed by atoms with E-state index in [0.29, 0.717) is 31.3 Å². The fraction of sp³-hybridized carbons (Fsp3) is 0.269. The molecular formula is C26H24ClF2N7O5. The second-order valence-corrected chi connectivity index (χ2v) is 9.94. The van der Waals surface area contributed by atoms with Gasteiger partial charge in [0, 0.05) is 37.0 Å². The molecule has 1 fully saturated rings. The van der Waals surface area contributed by atoms with Crippen molar-refractivity contribution < 1.29 is 28.2 Å². The standard InChI is InChI=1S/C26H24ClF2N7O5/c1-12-10-41-4-3-36(12)18-6-17(16(27)7-31-18)33-19(37)9-35-8-15(20-25(35)32-11-34(2)26(20)40)13-5-14(24(30)39)23(38)22(29)21(13)28/h5-8,11-12,38H,3-4,9-10H2,1-2H3,(H2,30,39)(H,31,33,37)/t12-/m0/s1. The molecule has 0 radical (unpaired) electrons. The topological polar surface area (TPSA) is 158 Å². The Bertz CT molecular complexity index is 1770. The normalized spacial score (nSPS) is 15.3. The molecule has 41 heavy (non-hydrogen) atoms. The Morgan fingerprint density at radius 2 is 2.00 bits per heavy atom. The smallest absolute Gasteiger partial charge is 0.263 e. The van der Waals surface area contributed by atoms with E-state index < -0.39 is 52.4 Å². The summed E-state index contributed by atoms with van der Waals surface area (Å²) in [6.07, 6.45) is 3.86. The van der Waals surface area contributed by atoms with Crippen molar-refractivity contribution in [2.75, 3.05) is 30.0 Å². The molecule has 1 aromatic carbocycles. The van der Waals surface area contributed by atoms with Crippen LogP contribution in [0.1, 0.15) is 17.3 Å². The van der Waals surface area contributed by atoms with E-state index in [2.05, 4.69) is 15.3 Å². The summed E-state index contributed by atoms with van der Waals surface area (Å²) in [6.45, 7) is 3.23. The third-order valence-electron chi connectivity index (χ3n) is 6.76. The molecule has 0 unspecified atom stereocenters. The average Bonchev–Trinajstić information content (AvgIpc) is 3.29. The van der Waals surface area contributed by atoms with Gasteiger partial charge in [-0.25, -0.2) is 14.4 Å². The lowest BCUT2D eigenvalue weighted by molar-refractivity contribution is -0.116. The van der Waals surface area contributed by atoms with Gasteiger partial charge in [-0.2, -0.15) is 4.39 Å². The Balaban J connectivity index is 1.53. The molecule has 4 N–H and O–H groups in total. The number of carbonyl (C=O) groups is 2. The second kappa shape index (κ2) is 10.8. The van der Waals surface area contributed by atoms with Crippen molar-refractivity contribution >= 4 is 46.0 Å². The number of hydrogen-bond acceptors (Lipinski definition) is 8. The minimum absolute atomic E-state index is 0.00425. The van der Waals surface area contributed by atoms with Crippen molar-refractivity contribution in [3.8, 4) is 16.9 Å². The van der Waals surface area contributed by atoms with Gasteiger partial charge in [-0.3, -0.25) is 14.4 Å². The Morgan fingerprint density at radius 1 is 1.24 bits per heavy atom. The lowest BCUT2D eigenvalue weighted by Crippen LogP contribution is -2.44. The molecule has 4 aromatic rings.